The van der Waals surface area contributed by atoms with E-state index in [4.69, 9.17) is 11.6 Å². The zero-order valence-electron chi connectivity index (χ0n) is 13.7. The highest BCUT2D eigenvalue weighted by Gasteiger charge is 2.23. The minimum absolute atomic E-state index is 0.0889. The van der Waals surface area contributed by atoms with Gasteiger partial charge in [0, 0.05) is 16.5 Å². The van der Waals surface area contributed by atoms with Crippen molar-refractivity contribution in [2.75, 3.05) is 13.6 Å². The van der Waals surface area contributed by atoms with Gasteiger partial charge >= 0.3 is 0 Å². The van der Waals surface area contributed by atoms with Crippen molar-refractivity contribution in [3.05, 3.63) is 63.6 Å². The third-order valence-corrected chi connectivity index (χ3v) is 6.43. The number of hydrogen-bond donors (Lipinski definition) is 1. The number of nitrogens with one attached hydrogen (secondary N) is 1. The molecule has 0 fully saturated rings. The van der Waals surface area contributed by atoms with E-state index in [0.717, 1.165) is 14.3 Å². The Balaban J connectivity index is 2.04. The van der Waals surface area contributed by atoms with Gasteiger partial charge in [-0.15, -0.1) is 0 Å². The van der Waals surface area contributed by atoms with Crippen molar-refractivity contribution in [3.63, 3.8) is 0 Å². The molecule has 0 bridgehead atoms. The first kappa shape index (κ1) is 19.9. The van der Waals surface area contributed by atoms with Crippen LogP contribution < -0.4 is 5.32 Å². The fourth-order valence-electron chi connectivity index (χ4n) is 2.26. The first-order valence-corrected chi connectivity index (χ1v) is 10.1. The van der Waals surface area contributed by atoms with E-state index < -0.39 is 10.0 Å². The van der Waals surface area contributed by atoms with Gasteiger partial charge in [-0.3, -0.25) is 4.79 Å². The van der Waals surface area contributed by atoms with Crippen LogP contribution in [0.3, 0.4) is 0 Å². The van der Waals surface area contributed by atoms with Crippen LogP contribution in [0.2, 0.25) is 5.02 Å². The van der Waals surface area contributed by atoms with Gasteiger partial charge in [0.05, 0.1) is 17.5 Å². The van der Waals surface area contributed by atoms with Gasteiger partial charge in [-0.2, -0.15) is 4.31 Å². The van der Waals surface area contributed by atoms with E-state index in [-0.39, 0.29) is 23.4 Å². The van der Waals surface area contributed by atoms with Crippen LogP contribution in [0.15, 0.2) is 57.9 Å². The van der Waals surface area contributed by atoms with Gasteiger partial charge in [0.2, 0.25) is 15.9 Å². The van der Waals surface area contributed by atoms with E-state index in [9.17, 15) is 13.2 Å². The molecule has 1 N–H and O–H groups in total. The van der Waals surface area contributed by atoms with E-state index in [1.165, 1.54) is 31.3 Å². The molecule has 0 aliphatic rings. The molecule has 0 saturated carbocycles. The normalized spacial score (nSPS) is 12.8. The summed E-state index contributed by atoms with van der Waals surface area (Å²) < 4.78 is 26.9. The molecule has 0 radical (unpaired) electrons. The van der Waals surface area contributed by atoms with Gasteiger partial charge in [0.15, 0.2) is 0 Å². The molecule has 0 aliphatic heterocycles. The molecule has 5 nitrogen and oxygen atoms in total. The highest BCUT2D eigenvalue weighted by atomic mass is 79.9. The summed E-state index contributed by atoms with van der Waals surface area (Å²) in [5.41, 5.74) is 0.916. The number of benzene rings is 2. The fraction of sp³-hybridized carbons (Fsp3) is 0.235. The van der Waals surface area contributed by atoms with E-state index in [1.54, 1.807) is 0 Å². The zero-order valence-corrected chi connectivity index (χ0v) is 16.9. The number of rotatable bonds is 6. The Morgan fingerprint density at radius 1 is 1.20 bits per heavy atom. The Labute approximate surface area is 161 Å². The van der Waals surface area contributed by atoms with Crippen molar-refractivity contribution in [1.82, 2.24) is 9.62 Å². The SMILES string of the molecule is CC(NC(=O)CN(C)S(=O)(=O)c1ccc(Cl)cc1)c1ccccc1Br. The van der Waals surface area contributed by atoms with E-state index in [2.05, 4.69) is 21.2 Å². The van der Waals surface area contributed by atoms with Crippen LogP contribution in [-0.2, 0) is 14.8 Å². The van der Waals surface area contributed by atoms with Gasteiger partial charge in [0.1, 0.15) is 0 Å². The number of hydrogen-bond acceptors (Lipinski definition) is 3. The van der Waals surface area contributed by atoms with Gasteiger partial charge in [-0.1, -0.05) is 45.7 Å². The maximum Gasteiger partial charge on any atom is 0.243 e. The molecule has 8 heteroatoms. The van der Waals surface area contributed by atoms with Crippen molar-refractivity contribution in [1.29, 1.82) is 0 Å². The third kappa shape index (κ3) is 5.04. The standard InChI is InChI=1S/C17H18BrClN2O3S/c1-12(15-5-3-4-6-16(15)18)20-17(22)11-21(2)25(23,24)14-9-7-13(19)8-10-14/h3-10,12H,11H2,1-2H3,(H,20,22). The van der Waals surface area contributed by atoms with Gasteiger partial charge in [-0.05, 0) is 42.8 Å². The van der Waals surface area contributed by atoms with Gasteiger partial charge < -0.3 is 5.32 Å². The van der Waals surface area contributed by atoms with Crippen molar-refractivity contribution >= 4 is 43.5 Å². The number of halogens is 2. The Morgan fingerprint density at radius 2 is 1.80 bits per heavy atom. The molecule has 25 heavy (non-hydrogen) atoms. The Morgan fingerprint density at radius 3 is 2.40 bits per heavy atom. The van der Waals surface area contributed by atoms with Crippen LogP contribution in [-0.4, -0.2) is 32.2 Å². The van der Waals surface area contributed by atoms with Crippen molar-refractivity contribution < 1.29 is 13.2 Å². The van der Waals surface area contributed by atoms with Crippen LogP contribution in [0.4, 0.5) is 0 Å². The molecule has 0 aliphatic carbocycles. The second-order valence-corrected chi connectivity index (χ2v) is 8.86. The number of carbonyl (C=O) groups excluding carboxylic acids is 1. The van der Waals surface area contributed by atoms with Crippen molar-refractivity contribution in [2.45, 2.75) is 17.9 Å². The molecule has 134 valence electrons. The number of nitrogens with zero attached hydrogens (tertiary/aromatic N) is 1. The molecule has 0 aromatic heterocycles. The summed E-state index contributed by atoms with van der Waals surface area (Å²) in [7, 11) is -2.39. The number of sulfonamides is 1. The molecule has 0 spiro atoms. The number of likely N-dealkylation sites (N-methyl/N-ethyl adjacent to an activating group) is 1. The second kappa shape index (κ2) is 8.31. The Kier molecular flexibility index (Phi) is 6.62. The average molecular weight is 446 g/mol. The minimum atomic E-state index is -3.75. The number of carbonyl (C=O) groups is 1. The first-order chi connectivity index (χ1) is 11.7. The second-order valence-electron chi connectivity index (χ2n) is 5.53. The summed E-state index contributed by atoms with van der Waals surface area (Å²) in [4.78, 5) is 12.3. The average Bonchev–Trinajstić information content (AvgIpc) is 2.55. The zero-order chi connectivity index (χ0) is 18.6. The first-order valence-electron chi connectivity index (χ1n) is 7.47. The van der Waals surface area contributed by atoms with Crippen molar-refractivity contribution in [3.8, 4) is 0 Å². The molecule has 2 rings (SSSR count). The Hall–Kier alpha value is -1.41. The lowest BCUT2D eigenvalue weighted by Gasteiger charge is -2.20. The lowest BCUT2D eigenvalue weighted by atomic mass is 10.1. The summed E-state index contributed by atoms with van der Waals surface area (Å²) in [6.07, 6.45) is 0. The van der Waals surface area contributed by atoms with Crippen LogP contribution in [0.1, 0.15) is 18.5 Å². The maximum atomic E-state index is 12.5. The van der Waals surface area contributed by atoms with Crippen LogP contribution >= 0.6 is 27.5 Å². The largest absolute Gasteiger partial charge is 0.348 e. The Bertz CT molecular complexity index is 856. The molecule has 2 aromatic rings. The molecular weight excluding hydrogens is 428 g/mol. The van der Waals surface area contributed by atoms with Crippen LogP contribution in [0.25, 0.3) is 0 Å². The van der Waals surface area contributed by atoms with E-state index >= 15 is 0 Å². The smallest absolute Gasteiger partial charge is 0.243 e. The maximum absolute atomic E-state index is 12.5. The lowest BCUT2D eigenvalue weighted by molar-refractivity contribution is -0.121. The van der Waals surface area contributed by atoms with Gasteiger partial charge in [-0.25, -0.2) is 8.42 Å². The van der Waals surface area contributed by atoms with Crippen molar-refractivity contribution in [2.24, 2.45) is 0 Å². The predicted octanol–water partition coefficient (Wildman–Crippen LogP) is 3.60. The summed E-state index contributed by atoms with van der Waals surface area (Å²) in [6.45, 7) is 1.56. The topological polar surface area (TPSA) is 66.5 Å². The van der Waals surface area contributed by atoms with Crippen LogP contribution in [0, 0.1) is 0 Å². The molecule has 1 atom stereocenters. The summed E-state index contributed by atoms with van der Waals surface area (Å²) in [5, 5.41) is 3.25. The van der Waals surface area contributed by atoms with E-state index in [1.807, 2.05) is 31.2 Å². The highest BCUT2D eigenvalue weighted by Crippen LogP contribution is 2.23. The number of amides is 1. The molecule has 0 saturated heterocycles. The summed E-state index contributed by atoms with van der Waals surface area (Å²) >= 11 is 9.21. The molecule has 2 aromatic carbocycles. The molecule has 1 unspecified atom stereocenters. The highest BCUT2D eigenvalue weighted by molar-refractivity contribution is 9.10. The summed E-state index contributed by atoms with van der Waals surface area (Å²) in [5.74, 6) is -0.386. The fourth-order valence-corrected chi connectivity index (χ4v) is 4.15. The monoisotopic (exact) mass is 444 g/mol. The molecule has 1 amide bonds. The summed E-state index contributed by atoms with van der Waals surface area (Å²) in [6, 6.07) is 13.1. The predicted molar refractivity (Wildman–Crippen MR) is 102 cm³/mol. The van der Waals surface area contributed by atoms with E-state index in [0.29, 0.717) is 5.02 Å². The van der Waals surface area contributed by atoms with Crippen LogP contribution in [0.5, 0.6) is 0 Å². The van der Waals surface area contributed by atoms with Gasteiger partial charge in [0.25, 0.3) is 0 Å². The lowest BCUT2D eigenvalue weighted by Crippen LogP contribution is -2.39. The molecular formula is C17H18BrClN2O3S. The quantitative estimate of drug-likeness (QED) is 0.739. The molecule has 0 heterocycles. The third-order valence-electron chi connectivity index (χ3n) is 3.64. The minimum Gasteiger partial charge on any atom is -0.348 e.